The maximum atomic E-state index is 5.41. The van der Waals surface area contributed by atoms with Crippen LogP contribution in [0.25, 0.3) is 0 Å². The Balaban J connectivity index is 2.21. The molecule has 2 aliphatic heterocycles. The molecule has 0 bridgehead atoms. The molecule has 0 unspecified atom stereocenters. The predicted octanol–water partition coefficient (Wildman–Crippen LogP) is 2.41. The normalized spacial score (nSPS) is 21.5. The number of fused-ring (bicyclic) bond motifs is 3. The van der Waals surface area contributed by atoms with Crippen molar-refractivity contribution in [3.05, 3.63) is 35.4 Å². The van der Waals surface area contributed by atoms with Gasteiger partial charge in [-0.2, -0.15) is 0 Å². The molecule has 1 aromatic carbocycles. The second-order valence-electron chi connectivity index (χ2n) is 5.02. The summed E-state index contributed by atoms with van der Waals surface area (Å²) in [5.74, 6) is 1.07. The molecule has 2 nitrogen and oxygen atoms in total. The molecule has 3 heteroatoms. The van der Waals surface area contributed by atoms with Gasteiger partial charge in [0.1, 0.15) is 10.8 Å². The molecule has 0 aromatic heterocycles. The third-order valence-corrected chi connectivity index (χ3v) is 3.62. The summed E-state index contributed by atoms with van der Waals surface area (Å²) in [6.07, 6.45) is 1.03. The van der Waals surface area contributed by atoms with Gasteiger partial charge in [-0.15, -0.1) is 0 Å². The van der Waals surface area contributed by atoms with E-state index in [1.54, 1.807) is 0 Å². The molecule has 82 valence electrons. The molecular weight excluding hydrogens is 216 g/mol. The van der Waals surface area contributed by atoms with Gasteiger partial charge in [0.25, 0.3) is 0 Å². The van der Waals surface area contributed by atoms with E-state index in [4.69, 9.17) is 12.2 Å². The Hall–Kier alpha value is -1.22. The minimum atomic E-state index is 0.0563. The molecule has 0 saturated carbocycles. The van der Waals surface area contributed by atoms with E-state index in [2.05, 4.69) is 48.0 Å². The average Bonchev–Trinajstić information content (AvgIpc) is 2.61. The highest BCUT2D eigenvalue weighted by atomic mass is 32.1. The van der Waals surface area contributed by atoms with Gasteiger partial charge in [0.15, 0.2) is 0 Å². The fraction of sp³-hybridized carbons (Fsp3) is 0.385. The molecule has 1 aromatic rings. The highest BCUT2D eigenvalue weighted by Crippen LogP contribution is 2.33. The zero-order valence-electron chi connectivity index (χ0n) is 9.53. The zero-order valence-corrected chi connectivity index (χ0v) is 10.3. The molecule has 0 amide bonds. The van der Waals surface area contributed by atoms with E-state index in [0.29, 0.717) is 6.54 Å². The van der Waals surface area contributed by atoms with Crippen LogP contribution < -0.4 is 0 Å². The first kappa shape index (κ1) is 9.97. The molecule has 0 saturated heterocycles. The third kappa shape index (κ3) is 1.24. The molecule has 0 spiro atoms. The maximum Gasteiger partial charge on any atom is 0.137 e. The van der Waals surface area contributed by atoms with Crippen LogP contribution in [0.5, 0.6) is 0 Å². The summed E-state index contributed by atoms with van der Waals surface area (Å²) < 4.78 is 0. The highest BCUT2D eigenvalue weighted by molar-refractivity contribution is 7.80. The van der Waals surface area contributed by atoms with Crippen LogP contribution in [0.1, 0.15) is 25.0 Å². The molecule has 3 rings (SSSR count). The molecule has 16 heavy (non-hydrogen) atoms. The number of nitrogens with zero attached hydrogens (tertiary/aromatic N) is 2. The van der Waals surface area contributed by atoms with E-state index in [1.165, 1.54) is 11.1 Å². The van der Waals surface area contributed by atoms with Gasteiger partial charge in [-0.05, 0) is 25.8 Å². The smallest absolute Gasteiger partial charge is 0.137 e. The summed E-state index contributed by atoms with van der Waals surface area (Å²) in [7, 11) is 0. The van der Waals surface area contributed by atoms with Crippen molar-refractivity contribution in [3.8, 4) is 0 Å². The van der Waals surface area contributed by atoms with Crippen molar-refractivity contribution in [2.45, 2.75) is 25.8 Å². The van der Waals surface area contributed by atoms with E-state index in [1.807, 2.05) is 0 Å². The van der Waals surface area contributed by atoms with Gasteiger partial charge in [-0.3, -0.25) is 4.99 Å². The van der Waals surface area contributed by atoms with E-state index < -0.39 is 0 Å². The summed E-state index contributed by atoms with van der Waals surface area (Å²) in [6, 6.07) is 8.50. The van der Waals surface area contributed by atoms with E-state index >= 15 is 0 Å². The fourth-order valence-electron chi connectivity index (χ4n) is 2.67. The van der Waals surface area contributed by atoms with Crippen molar-refractivity contribution in [3.63, 3.8) is 0 Å². The molecule has 0 N–H and O–H groups in total. The zero-order chi connectivity index (χ0) is 11.3. The molecule has 2 heterocycles. The third-order valence-electron chi connectivity index (χ3n) is 3.31. The highest BCUT2D eigenvalue weighted by Gasteiger charge is 2.40. The van der Waals surface area contributed by atoms with Crippen molar-refractivity contribution in [2.24, 2.45) is 4.99 Å². The van der Waals surface area contributed by atoms with E-state index in [9.17, 15) is 0 Å². The minimum Gasteiger partial charge on any atom is -0.313 e. The lowest BCUT2D eigenvalue weighted by molar-refractivity contribution is 0.307. The van der Waals surface area contributed by atoms with Gasteiger partial charge >= 0.3 is 0 Å². The van der Waals surface area contributed by atoms with E-state index in [0.717, 1.165) is 17.2 Å². The Kier molecular flexibility index (Phi) is 1.96. The Morgan fingerprint density at radius 1 is 1.31 bits per heavy atom. The Morgan fingerprint density at radius 2 is 2.06 bits per heavy atom. The van der Waals surface area contributed by atoms with Crippen molar-refractivity contribution in [2.75, 3.05) is 6.54 Å². The van der Waals surface area contributed by atoms with Crippen LogP contribution in [0.15, 0.2) is 29.3 Å². The van der Waals surface area contributed by atoms with Crippen LogP contribution in [0.2, 0.25) is 0 Å². The summed E-state index contributed by atoms with van der Waals surface area (Å²) >= 11 is 5.41. The topological polar surface area (TPSA) is 15.6 Å². The number of rotatable bonds is 0. The average molecular weight is 230 g/mol. The summed E-state index contributed by atoms with van der Waals surface area (Å²) in [5.41, 5.74) is 2.69. The van der Waals surface area contributed by atoms with Gasteiger partial charge < -0.3 is 4.90 Å². The van der Waals surface area contributed by atoms with Crippen LogP contribution in [-0.2, 0) is 6.42 Å². The largest absolute Gasteiger partial charge is 0.313 e. The molecular formula is C13H14N2S. The summed E-state index contributed by atoms with van der Waals surface area (Å²) in [6.45, 7) is 5.13. The predicted molar refractivity (Wildman–Crippen MR) is 70.1 cm³/mol. The van der Waals surface area contributed by atoms with Gasteiger partial charge in [0.2, 0.25) is 0 Å². The molecule has 0 radical (unpaired) electrons. The molecule has 2 aliphatic rings. The Bertz CT molecular complexity index is 502. The van der Waals surface area contributed by atoms with Crippen LogP contribution in [-0.4, -0.2) is 27.8 Å². The van der Waals surface area contributed by atoms with E-state index in [-0.39, 0.29) is 5.54 Å². The monoisotopic (exact) mass is 230 g/mol. The van der Waals surface area contributed by atoms with Crippen LogP contribution in [0.3, 0.4) is 0 Å². The number of hydrogen-bond donors (Lipinski definition) is 0. The lowest BCUT2D eigenvalue weighted by atomic mass is 9.85. The van der Waals surface area contributed by atoms with Gasteiger partial charge in [-0.1, -0.05) is 36.5 Å². The lowest BCUT2D eigenvalue weighted by Crippen LogP contribution is -2.53. The van der Waals surface area contributed by atoms with Crippen LogP contribution in [0, 0.1) is 0 Å². The minimum absolute atomic E-state index is 0.0563. The number of amidine groups is 1. The number of thiocarbonyl (C=S) groups is 1. The van der Waals surface area contributed by atoms with Crippen LogP contribution >= 0.6 is 12.2 Å². The standard InChI is InChI=1S/C13H14N2S/c1-13(2)7-9-5-3-4-6-10(9)12-14-8-11(16)15(12)13/h3-6H,7-8H2,1-2H3. The van der Waals surface area contributed by atoms with Gasteiger partial charge in [0, 0.05) is 11.1 Å². The first-order valence-corrected chi connectivity index (χ1v) is 5.96. The summed E-state index contributed by atoms with van der Waals surface area (Å²) in [4.78, 5) is 7.76. The summed E-state index contributed by atoms with van der Waals surface area (Å²) in [5, 5.41) is 0. The maximum absolute atomic E-state index is 5.41. The first-order chi connectivity index (χ1) is 7.59. The van der Waals surface area contributed by atoms with Crippen molar-refractivity contribution < 1.29 is 0 Å². The van der Waals surface area contributed by atoms with Crippen molar-refractivity contribution in [1.82, 2.24) is 4.90 Å². The molecule has 0 aliphatic carbocycles. The van der Waals surface area contributed by atoms with Crippen molar-refractivity contribution in [1.29, 1.82) is 0 Å². The molecule has 0 atom stereocenters. The number of hydrogen-bond acceptors (Lipinski definition) is 2. The first-order valence-electron chi connectivity index (χ1n) is 5.55. The Labute approximate surface area is 101 Å². The van der Waals surface area contributed by atoms with Crippen LogP contribution in [0.4, 0.5) is 0 Å². The second kappa shape index (κ2) is 3.14. The quantitative estimate of drug-likeness (QED) is 0.636. The van der Waals surface area contributed by atoms with Gasteiger partial charge in [-0.25, -0.2) is 0 Å². The number of aliphatic imine (C=N–C) groups is 1. The molecule has 0 fully saturated rings. The second-order valence-corrected chi connectivity index (χ2v) is 5.49. The van der Waals surface area contributed by atoms with Gasteiger partial charge in [0.05, 0.1) is 6.54 Å². The lowest BCUT2D eigenvalue weighted by Gasteiger charge is -2.42. The SMILES string of the molecule is CC1(C)Cc2ccccc2C2=NCC(=S)N21. The van der Waals surface area contributed by atoms with Crippen molar-refractivity contribution >= 4 is 23.0 Å². The Morgan fingerprint density at radius 3 is 2.88 bits per heavy atom. The number of benzene rings is 1. The fourth-order valence-corrected chi connectivity index (χ4v) is 3.07.